The van der Waals surface area contributed by atoms with Gasteiger partial charge >= 0.3 is 0 Å². The molecule has 0 heterocycles. The van der Waals surface area contributed by atoms with Gasteiger partial charge in [0.1, 0.15) is 0 Å². The Kier molecular flexibility index (Phi) is 3.20. The smallest absolute Gasteiger partial charge is 0.0976 e. The van der Waals surface area contributed by atoms with E-state index in [2.05, 4.69) is 10.1 Å². The summed E-state index contributed by atoms with van der Waals surface area (Å²) in [4.78, 5) is 4.26. The second-order valence-corrected chi connectivity index (χ2v) is 2.72. The molecule has 1 rings (SSSR count). The SMILES string of the molecule is CC(=Nc1ccccc1)/C(C)=N\O. The van der Waals surface area contributed by atoms with Gasteiger partial charge in [-0.1, -0.05) is 23.4 Å². The van der Waals surface area contributed by atoms with Gasteiger partial charge in [-0.15, -0.1) is 0 Å². The van der Waals surface area contributed by atoms with Crippen LogP contribution in [0.1, 0.15) is 13.8 Å². The predicted molar refractivity (Wildman–Crippen MR) is 54.1 cm³/mol. The molecule has 68 valence electrons. The number of hydrogen-bond acceptors (Lipinski definition) is 3. The fourth-order valence-corrected chi connectivity index (χ4v) is 0.849. The molecule has 13 heavy (non-hydrogen) atoms. The minimum absolute atomic E-state index is 0.531. The third-order valence-electron chi connectivity index (χ3n) is 1.73. The van der Waals surface area contributed by atoms with Crippen molar-refractivity contribution in [3.05, 3.63) is 30.3 Å². The summed E-state index contributed by atoms with van der Waals surface area (Å²) in [7, 11) is 0. The van der Waals surface area contributed by atoms with Crippen LogP contribution in [-0.4, -0.2) is 16.6 Å². The molecule has 0 aliphatic rings. The van der Waals surface area contributed by atoms with Crippen LogP contribution < -0.4 is 0 Å². The number of benzene rings is 1. The van der Waals surface area contributed by atoms with Gasteiger partial charge in [0.2, 0.25) is 0 Å². The molecule has 0 aromatic heterocycles. The molecular weight excluding hydrogens is 164 g/mol. The second kappa shape index (κ2) is 4.40. The molecule has 0 aliphatic heterocycles. The van der Waals surface area contributed by atoms with Crippen LogP contribution in [0.2, 0.25) is 0 Å². The highest BCUT2D eigenvalue weighted by Crippen LogP contribution is 2.10. The Labute approximate surface area is 77.4 Å². The summed E-state index contributed by atoms with van der Waals surface area (Å²) in [5, 5.41) is 11.6. The Hall–Kier alpha value is -1.64. The molecule has 0 radical (unpaired) electrons. The predicted octanol–water partition coefficient (Wildman–Crippen LogP) is 2.63. The number of rotatable bonds is 2. The molecule has 0 saturated carbocycles. The number of aliphatic imine (C=N–C) groups is 1. The van der Waals surface area contributed by atoms with E-state index in [-0.39, 0.29) is 0 Å². The van der Waals surface area contributed by atoms with Gasteiger partial charge in [0.05, 0.1) is 17.1 Å². The average molecular weight is 176 g/mol. The zero-order valence-electron chi connectivity index (χ0n) is 7.73. The van der Waals surface area contributed by atoms with Gasteiger partial charge in [0, 0.05) is 0 Å². The molecule has 1 N–H and O–H groups in total. The van der Waals surface area contributed by atoms with E-state index in [1.807, 2.05) is 37.3 Å². The maximum atomic E-state index is 8.49. The topological polar surface area (TPSA) is 45.0 Å². The molecule has 0 amide bonds. The van der Waals surface area contributed by atoms with Crippen molar-refractivity contribution in [2.75, 3.05) is 0 Å². The summed E-state index contributed by atoms with van der Waals surface area (Å²) in [6.45, 7) is 3.52. The maximum Gasteiger partial charge on any atom is 0.0976 e. The highest BCUT2D eigenvalue weighted by atomic mass is 16.4. The summed E-state index contributed by atoms with van der Waals surface area (Å²) in [5.41, 5.74) is 2.11. The molecule has 1 aromatic rings. The molecular formula is C10H12N2O. The van der Waals surface area contributed by atoms with Gasteiger partial charge in [0.25, 0.3) is 0 Å². The Morgan fingerprint density at radius 1 is 1.08 bits per heavy atom. The minimum Gasteiger partial charge on any atom is -0.411 e. The molecule has 0 spiro atoms. The van der Waals surface area contributed by atoms with Crippen molar-refractivity contribution in [3.8, 4) is 0 Å². The number of oxime groups is 1. The minimum atomic E-state index is 0.531. The first-order valence-electron chi connectivity index (χ1n) is 4.03. The van der Waals surface area contributed by atoms with Gasteiger partial charge < -0.3 is 5.21 Å². The molecule has 0 aliphatic carbocycles. The highest BCUT2D eigenvalue weighted by Gasteiger charge is 1.96. The zero-order chi connectivity index (χ0) is 9.68. The standard InChI is InChI=1S/C10H12N2O/c1-8(9(2)12-13)11-10-6-4-3-5-7-10/h3-7,13H,1-2H3/b11-8?,12-9-. The summed E-state index contributed by atoms with van der Waals surface area (Å²) >= 11 is 0. The number of hydrogen-bond donors (Lipinski definition) is 1. The van der Waals surface area contributed by atoms with Crippen LogP contribution in [0, 0.1) is 0 Å². The summed E-state index contributed by atoms with van der Waals surface area (Å²) in [6.07, 6.45) is 0. The Morgan fingerprint density at radius 2 is 1.69 bits per heavy atom. The number of para-hydroxylation sites is 1. The van der Waals surface area contributed by atoms with E-state index in [9.17, 15) is 0 Å². The normalized spacial score (nSPS) is 13.1. The Bertz CT molecular complexity index is 328. The van der Waals surface area contributed by atoms with Gasteiger partial charge in [-0.3, -0.25) is 4.99 Å². The van der Waals surface area contributed by atoms with Gasteiger partial charge in [-0.25, -0.2) is 0 Å². The Balaban J connectivity index is 2.89. The molecule has 0 bridgehead atoms. The first-order chi connectivity index (χ1) is 6.24. The van der Waals surface area contributed by atoms with E-state index in [4.69, 9.17) is 5.21 Å². The van der Waals surface area contributed by atoms with E-state index in [1.54, 1.807) is 6.92 Å². The van der Waals surface area contributed by atoms with E-state index >= 15 is 0 Å². The van der Waals surface area contributed by atoms with Gasteiger partial charge in [-0.2, -0.15) is 0 Å². The average Bonchev–Trinajstić information content (AvgIpc) is 2.18. The van der Waals surface area contributed by atoms with Crippen molar-refractivity contribution in [3.63, 3.8) is 0 Å². The number of nitrogens with zero attached hydrogens (tertiary/aromatic N) is 2. The quantitative estimate of drug-likeness (QED) is 0.420. The maximum absolute atomic E-state index is 8.49. The third kappa shape index (κ3) is 2.71. The molecule has 0 fully saturated rings. The van der Waals surface area contributed by atoms with Crippen LogP contribution in [-0.2, 0) is 0 Å². The fraction of sp³-hybridized carbons (Fsp3) is 0.200. The molecule has 0 unspecified atom stereocenters. The fourth-order valence-electron chi connectivity index (χ4n) is 0.849. The van der Waals surface area contributed by atoms with Crippen molar-refractivity contribution in [1.29, 1.82) is 0 Å². The first-order valence-corrected chi connectivity index (χ1v) is 4.03. The zero-order valence-corrected chi connectivity index (χ0v) is 7.73. The lowest BCUT2D eigenvalue weighted by Crippen LogP contribution is -2.04. The second-order valence-electron chi connectivity index (χ2n) is 2.72. The van der Waals surface area contributed by atoms with E-state index in [0.29, 0.717) is 11.4 Å². The lowest BCUT2D eigenvalue weighted by molar-refractivity contribution is 0.320. The van der Waals surface area contributed by atoms with Gasteiger partial charge in [-0.05, 0) is 26.0 Å². The van der Waals surface area contributed by atoms with Crippen LogP contribution in [0.25, 0.3) is 0 Å². The van der Waals surface area contributed by atoms with Crippen LogP contribution in [0.15, 0.2) is 40.5 Å². The Morgan fingerprint density at radius 3 is 2.23 bits per heavy atom. The van der Waals surface area contributed by atoms with Gasteiger partial charge in [0.15, 0.2) is 0 Å². The van der Waals surface area contributed by atoms with E-state index in [1.165, 1.54) is 0 Å². The largest absolute Gasteiger partial charge is 0.411 e. The molecule has 0 atom stereocenters. The van der Waals surface area contributed by atoms with Crippen LogP contribution in [0.3, 0.4) is 0 Å². The van der Waals surface area contributed by atoms with Crippen LogP contribution >= 0.6 is 0 Å². The van der Waals surface area contributed by atoms with E-state index < -0.39 is 0 Å². The third-order valence-corrected chi connectivity index (χ3v) is 1.73. The molecule has 3 heteroatoms. The van der Waals surface area contributed by atoms with Crippen molar-refractivity contribution in [2.45, 2.75) is 13.8 Å². The summed E-state index contributed by atoms with van der Waals surface area (Å²) in [6, 6.07) is 9.55. The highest BCUT2D eigenvalue weighted by molar-refractivity contribution is 6.40. The van der Waals surface area contributed by atoms with Crippen LogP contribution in [0.5, 0.6) is 0 Å². The lowest BCUT2D eigenvalue weighted by atomic mass is 10.2. The summed E-state index contributed by atoms with van der Waals surface area (Å²) < 4.78 is 0. The lowest BCUT2D eigenvalue weighted by Gasteiger charge is -1.97. The summed E-state index contributed by atoms with van der Waals surface area (Å²) in [5.74, 6) is 0. The van der Waals surface area contributed by atoms with Crippen molar-refractivity contribution >= 4 is 17.1 Å². The van der Waals surface area contributed by atoms with Crippen molar-refractivity contribution in [1.82, 2.24) is 0 Å². The van der Waals surface area contributed by atoms with E-state index in [0.717, 1.165) is 5.69 Å². The van der Waals surface area contributed by atoms with Crippen molar-refractivity contribution < 1.29 is 5.21 Å². The molecule has 3 nitrogen and oxygen atoms in total. The van der Waals surface area contributed by atoms with Crippen molar-refractivity contribution in [2.24, 2.45) is 10.1 Å². The molecule has 0 saturated heterocycles. The monoisotopic (exact) mass is 176 g/mol. The van der Waals surface area contributed by atoms with Crippen LogP contribution in [0.4, 0.5) is 5.69 Å². The first kappa shape index (κ1) is 9.45. The molecule has 1 aromatic carbocycles.